The van der Waals surface area contributed by atoms with Crippen molar-refractivity contribution in [1.29, 1.82) is 0 Å². The van der Waals surface area contributed by atoms with E-state index in [9.17, 15) is 26.9 Å². The molecule has 0 unspecified atom stereocenters. The van der Waals surface area contributed by atoms with Crippen molar-refractivity contribution >= 4 is 25.5 Å². The van der Waals surface area contributed by atoms with E-state index < -0.39 is 24.8 Å². The predicted octanol–water partition coefficient (Wildman–Crippen LogP) is 0.925. The maximum atomic E-state index is 12.4. The van der Waals surface area contributed by atoms with E-state index >= 15 is 0 Å². The van der Waals surface area contributed by atoms with Crippen molar-refractivity contribution in [2.75, 3.05) is 18.1 Å². The molecule has 2 rings (SSSR count). The molecule has 0 radical (unpaired) electrons. The molecule has 0 aliphatic carbocycles. The number of non-ortho nitro benzene ring substituents is 1. The molecule has 8 nitrogen and oxygen atoms in total. The van der Waals surface area contributed by atoms with Crippen LogP contribution in [-0.2, 0) is 19.9 Å². The molecule has 1 aromatic carbocycles. The molecule has 1 N–H and O–H groups in total. The Morgan fingerprint density at radius 3 is 2.52 bits per heavy atom. The highest BCUT2D eigenvalue weighted by atomic mass is 32.2. The molecule has 1 aliphatic rings. The number of nitrogens with one attached hydrogen (secondary N) is 1. The summed E-state index contributed by atoms with van der Waals surface area (Å²) in [5, 5.41) is 10.9. The third kappa shape index (κ3) is 4.06. The van der Waals surface area contributed by atoms with Crippen LogP contribution in [-0.4, -0.2) is 39.8 Å². The number of hydrogen-bond donors (Lipinski definition) is 1. The summed E-state index contributed by atoms with van der Waals surface area (Å²) >= 11 is 0. The summed E-state index contributed by atoms with van der Waals surface area (Å²) in [7, 11) is -7.03. The maximum Gasteiger partial charge on any atom is 0.271 e. The Labute approximate surface area is 135 Å². The minimum atomic E-state index is -3.94. The van der Waals surface area contributed by atoms with E-state index in [2.05, 4.69) is 4.72 Å². The fraction of sp³-hybridized carbons (Fsp3) is 0.538. The zero-order valence-electron chi connectivity index (χ0n) is 12.8. The van der Waals surface area contributed by atoms with E-state index in [-0.39, 0.29) is 34.6 Å². The van der Waals surface area contributed by atoms with Gasteiger partial charge in [0.25, 0.3) is 5.69 Å². The highest BCUT2D eigenvalue weighted by molar-refractivity contribution is 7.91. The molecule has 128 valence electrons. The number of nitro benzene ring substituents is 1. The lowest BCUT2D eigenvalue weighted by atomic mass is 10.1. The van der Waals surface area contributed by atoms with Crippen LogP contribution in [0.4, 0.5) is 5.69 Å². The van der Waals surface area contributed by atoms with Crippen LogP contribution in [0.5, 0.6) is 0 Å². The van der Waals surface area contributed by atoms with Crippen LogP contribution in [0.2, 0.25) is 0 Å². The number of sulfonamides is 1. The monoisotopic (exact) mass is 362 g/mol. The van der Waals surface area contributed by atoms with Crippen LogP contribution in [0.3, 0.4) is 0 Å². The van der Waals surface area contributed by atoms with Crippen LogP contribution in [0.1, 0.15) is 17.5 Å². The van der Waals surface area contributed by atoms with Crippen LogP contribution >= 0.6 is 0 Å². The summed E-state index contributed by atoms with van der Waals surface area (Å²) in [6.07, 6.45) is 0.414. The van der Waals surface area contributed by atoms with E-state index in [0.717, 1.165) is 6.07 Å². The van der Waals surface area contributed by atoms with Gasteiger partial charge in [-0.25, -0.2) is 21.6 Å². The molecule has 1 saturated heterocycles. The molecule has 1 aromatic rings. The zero-order chi connectivity index (χ0) is 17.4. The smallest absolute Gasteiger partial charge is 0.258 e. The zero-order valence-corrected chi connectivity index (χ0v) is 14.4. The average molecular weight is 362 g/mol. The van der Waals surface area contributed by atoms with Gasteiger partial charge in [-0.05, 0) is 37.3 Å². The second-order valence-corrected chi connectivity index (χ2v) is 9.73. The van der Waals surface area contributed by atoms with Gasteiger partial charge in [0.1, 0.15) is 0 Å². The first kappa shape index (κ1) is 17.8. The van der Waals surface area contributed by atoms with Crippen molar-refractivity contribution in [3.63, 3.8) is 0 Å². The van der Waals surface area contributed by atoms with Gasteiger partial charge in [-0.3, -0.25) is 10.1 Å². The number of nitrogens with zero attached hydrogens (tertiary/aromatic N) is 1. The number of aryl methyl sites for hydroxylation is 1. The lowest BCUT2D eigenvalue weighted by Crippen LogP contribution is -2.30. The summed E-state index contributed by atoms with van der Waals surface area (Å²) in [6, 6.07) is 2.34. The summed E-state index contributed by atoms with van der Waals surface area (Å²) in [4.78, 5) is 10.1. The molecule has 0 bridgehead atoms. The van der Waals surface area contributed by atoms with E-state index in [1.165, 1.54) is 6.07 Å². The van der Waals surface area contributed by atoms with Gasteiger partial charge in [0.05, 0.1) is 21.3 Å². The fourth-order valence-corrected chi connectivity index (χ4v) is 5.84. The minimum Gasteiger partial charge on any atom is -0.258 e. The number of benzene rings is 1. The molecular formula is C13H18N2O6S2. The van der Waals surface area contributed by atoms with Crippen LogP contribution in [0.15, 0.2) is 17.0 Å². The third-order valence-corrected chi connectivity index (χ3v) is 7.38. The third-order valence-electron chi connectivity index (χ3n) is 3.99. The molecule has 1 fully saturated rings. The van der Waals surface area contributed by atoms with Gasteiger partial charge in [0, 0.05) is 18.7 Å². The van der Waals surface area contributed by atoms with E-state index in [0.29, 0.717) is 17.5 Å². The second kappa shape index (κ2) is 6.17. The van der Waals surface area contributed by atoms with E-state index in [1.807, 2.05) is 0 Å². The van der Waals surface area contributed by atoms with Gasteiger partial charge in [-0.2, -0.15) is 0 Å². The van der Waals surface area contributed by atoms with Gasteiger partial charge in [-0.15, -0.1) is 0 Å². The first-order valence-corrected chi connectivity index (χ1v) is 10.3. The van der Waals surface area contributed by atoms with Crippen LogP contribution in [0.25, 0.3) is 0 Å². The Hall–Kier alpha value is -1.52. The summed E-state index contributed by atoms with van der Waals surface area (Å²) in [5.41, 5.74) is 0.641. The predicted molar refractivity (Wildman–Crippen MR) is 84.5 cm³/mol. The topological polar surface area (TPSA) is 123 Å². The molecule has 23 heavy (non-hydrogen) atoms. The van der Waals surface area contributed by atoms with Crippen molar-refractivity contribution in [2.45, 2.75) is 25.2 Å². The second-order valence-electron chi connectivity index (χ2n) is 5.76. The molecule has 0 spiro atoms. The van der Waals surface area contributed by atoms with Gasteiger partial charge < -0.3 is 0 Å². The molecule has 10 heteroatoms. The maximum absolute atomic E-state index is 12.4. The lowest BCUT2D eigenvalue weighted by Gasteiger charge is -2.13. The highest BCUT2D eigenvalue weighted by Gasteiger charge is 2.30. The molecule has 1 heterocycles. The standard InChI is InChI=1S/C13H18N2O6S2/c1-9-5-12(15(16)17)6-13(10(9)2)23(20,21)14-7-11-3-4-22(18,19)8-11/h5-6,11,14H,3-4,7-8H2,1-2H3/t11-/m1/s1. The van der Waals surface area contributed by atoms with E-state index in [4.69, 9.17) is 0 Å². The first-order valence-electron chi connectivity index (χ1n) is 6.97. The molecule has 1 atom stereocenters. The largest absolute Gasteiger partial charge is 0.271 e. The number of rotatable bonds is 5. The Bertz CT molecular complexity index is 845. The number of nitro groups is 1. The van der Waals surface area contributed by atoms with Crippen LogP contribution in [0, 0.1) is 29.9 Å². The highest BCUT2D eigenvalue weighted by Crippen LogP contribution is 2.26. The van der Waals surface area contributed by atoms with Gasteiger partial charge in [0.15, 0.2) is 9.84 Å². The SMILES string of the molecule is Cc1cc([N+](=O)[O-])cc(S(=O)(=O)NC[C@H]2CCS(=O)(=O)C2)c1C. The quantitative estimate of drug-likeness (QED) is 0.614. The lowest BCUT2D eigenvalue weighted by molar-refractivity contribution is -0.385. The van der Waals surface area contributed by atoms with Crippen molar-refractivity contribution < 1.29 is 21.8 Å². The van der Waals surface area contributed by atoms with Gasteiger partial charge >= 0.3 is 0 Å². The average Bonchev–Trinajstić information content (AvgIpc) is 2.78. The minimum absolute atomic E-state index is 0.00272. The first-order chi connectivity index (χ1) is 10.5. The van der Waals surface area contributed by atoms with Crippen molar-refractivity contribution in [2.24, 2.45) is 5.92 Å². The Morgan fingerprint density at radius 1 is 1.35 bits per heavy atom. The van der Waals surface area contributed by atoms with Crippen molar-refractivity contribution in [3.8, 4) is 0 Å². The molecule has 0 amide bonds. The fourth-order valence-electron chi connectivity index (χ4n) is 2.53. The Balaban J connectivity index is 2.24. The summed E-state index contributed by atoms with van der Waals surface area (Å²) < 4.78 is 50.0. The molecular weight excluding hydrogens is 344 g/mol. The molecule has 1 aliphatic heterocycles. The summed E-state index contributed by atoms with van der Waals surface area (Å²) in [6.45, 7) is 3.18. The Kier molecular flexibility index (Phi) is 4.79. The number of hydrogen-bond acceptors (Lipinski definition) is 6. The Morgan fingerprint density at radius 2 is 2.00 bits per heavy atom. The summed E-state index contributed by atoms with van der Waals surface area (Å²) in [5.74, 6) is -0.244. The molecule has 0 saturated carbocycles. The van der Waals surface area contributed by atoms with Crippen molar-refractivity contribution in [3.05, 3.63) is 33.4 Å². The van der Waals surface area contributed by atoms with Gasteiger partial charge in [0.2, 0.25) is 10.0 Å². The normalized spacial score (nSPS) is 20.5. The molecule has 0 aromatic heterocycles. The van der Waals surface area contributed by atoms with Crippen molar-refractivity contribution in [1.82, 2.24) is 4.72 Å². The number of sulfone groups is 1. The van der Waals surface area contributed by atoms with Gasteiger partial charge in [-0.1, -0.05) is 0 Å². The van der Waals surface area contributed by atoms with E-state index in [1.54, 1.807) is 13.8 Å². The van der Waals surface area contributed by atoms with Crippen LogP contribution < -0.4 is 4.72 Å².